The molecule has 0 saturated heterocycles. The number of benzene rings is 1. The van der Waals surface area contributed by atoms with Crippen LogP contribution in [0.25, 0.3) is 10.9 Å². The zero-order valence-corrected chi connectivity index (χ0v) is 13.6. The zero-order valence-electron chi connectivity index (χ0n) is 13.6. The molecule has 2 aromatic heterocycles. The van der Waals surface area contributed by atoms with Crippen LogP contribution < -0.4 is 20.9 Å². The maximum atomic E-state index is 12.3. The van der Waals surface area contributed by atoms with Crippen LogP contribution in [0, 0.1) is 0 Å². The number of hydrogen-bond donors (Lipinski definition) is 2. The van der Waals surface area contributed by atoms with Crippen LogP contribution in [-0.4, -0.2) is 46.1 Å². The van der Waals surface area contributed by atoms with Gasteiger partial charge in [-0.15, -0.1) is 0 Å². The minimum Gasteiger partial charge on any atom is -0.497 e. The van der Waals surface area contributed by atoms with Gasteiger partial charge >= 0.3 is 0 Å². The number of methoxy groups -OCH3 is 1. The van der Waals surface area contributed by atoms with Gasteiger partial charge in [-0.3, -0.25) is 4.79 Å². The number of nitrogen functional groups attached to an aromatic ring is 1. The molecule has 3 N–H and O–H groups in total. The Balaban J connectivity index is 2.00. The Morgan fingerprint density at radius 1 is 1.21 bits per heavy atom. The highest BCUT2D eigenvalue weighted by atomic mass is 16.5. The number of ether oxygens (including phenoxy) is 1. The van der Waals surface area contributed by atoms with Crippen molar-refractivity contribution in [2.24, 2.45) is 0 Å². The van der Waals surface area contributed by atoms with Crippen LogP contribution in [0.5, 0.6) is 5.75 Å². The summed E-state index contributed by atoms with van der Waals surface area (Å²) < 4.78 is 5.13. The van der Waals surface area contributed by atoms with Gasteiger partial charge in [0.2, 0.25) is 11.9 Å². The highest BCUT2D eigenvalue weighted by molar-refractivity contribution is 5.79. The fourth-order valence-electron chi connectivity index (χ4n) is 2.23. The SMILES string of the molecule is COc1ccc2nc(Cc3nc(N)nc(N(C)C)n3)[nH]c(=O)c2c1. The average Bonchev–Trinajstić information content (AvgIpc) is 2.54. The lowest BCUT2D eigenvalue weighted by Crippen LogP contribution is -2.17. The van der Waals surface area contributed by atoms with E-state index in [0.717, 1.165) is 0 Å². The van der Waals surface area contributed by atoms with Gasteiger partial charge in [0.05, 0.1) is 24.4 Å². The number of nitrogens with two attached hydrogens (primary N) is 1. The Hall–Kier alpha value is -3.23. The van der Waals surface area contributed by atoms with Crippen molar-refractivity contribution in [2.45, 2.75) is 6.42 Å². The third-order valence-corrected chi connectivity index (χ3v) is 3.37. The molecule has 0 unspecified atom stereocenters. The Bertz CT molecular complexity index is 952. The minimum absolute atomic E-state index is 0.122. The number of aromatic amines is 1. The number of anilines is 2. The van der Waals surface area contributed by atoms with Crippen molar-refractivity contribution in [3.8, 4) is 5.75 Å². The van der Waals surface area contributed by atoms with E-state index in [1.54, 1.807) is 30.2 Å². The van der Waals surface area contributed by atoms with Crippen LogP contribution in [0.2, 0.25) is 0 Å². The first-order valence-electron chi connectivity index (χ1n) is 7.21. The molecular formula is C15H17N7O2. The summed E-state index contributed by atoms with van der Waals surface area (Å²) in [5, 5.41) is 0.460. The molecule has 0 aliphatic heterocycles. The van der Waals surface area contributed by atoms with E-state index < -0.39 is 0 Å². The topological polar surface area (TPSA) is 123 Å². The lowest BCUT2D eigenvalue weighted by atomic mass is 10.2. The van der Waals surface area contributed by atoms with Gasteiger partial charge in [-0.2, -0.15) is 15.0 Å². The largest absolute Gasteiger partial charge is 0.497 e. The molecule has 3 rings (SSSR count). The molecule has 0 atom stereocenters. The highest BCUT2D eigenvalue weighted by Crippen LogP contribution is 2.16. The summed E-state index contributed by atoms with van der Waals surface area (Å²) >= 11 is 0. The number of rotatable bonds is 4. The van der Waals surface area contributed by atoms with Gasteiger partial charge in [0, 0.05) is 14.1 Å². The molecule has 0 radical (unpaired) electrons. The summed E-state index contributed by atoms with van der Waals surface area (Å²) in [7, 11) is 5.16. The van der Waals surface area contributed by atoms with Crippen LogP contribution in [0.15, 0.2) is 23.0 Å². The molecule has 124 valence electrons. The second-order valence-electron chi connectivity index (χ2n) is 5.38. The Kier molecular flexibility index (Phi) is 3.98. The smallest absolute Gasteiger partial charge is 0.258 e. The molecule has 0 bridgehead atoms. The fourth-order valence-corrected chi connectivity index (χ4v) is 2.23. The standard InChI is InChI=1S/C15H17N7O2/c1-22(2)15-20-12(19-14(16)21-15)7-11-17-10-5-4-8(24-3)6-9(10)13(23)18-11/h4-6H,7H2,1-3H3,(H,17,18,23)(H2,16,19,20,21). The van der Waals surface area contributed by atoms with Gasteiger partial charge in [-0.25, -0.2) is 4.98 Å². The van der Waals surface area contributed by atoms with E-state index in [1.165, 1.54) is 0 Å². The van der Waals surface area contributed by atoms with E-state index in [4.69, 9.17) is 10.5 Å². The van der Waals surface area contributed by atoms with Gasteiger partial charge in [0.25, 0.3) is 5.56 Å². The molecule has 2 heterocycles. The van der Waals surface area contributed by atoms with Crippen molar-refractivity contribution in [1.82, 2.24) is 24.9 Å². The predicted molar refractivity (Wildman–Crippen MR) is 90.3 cm³/mol. The normalized spacial score (nSPS) is 10.8. The van der Waals surface area contributed by atoms with Crippen molar-refractivity contribution in [3.63, 3.8) is 0 Å². The zero-order chi connectivity index (χ0) is 17.3. The predicted octanol–water partition coefficient (Wildman–Crippen LogP) is 0.356. The molecule has 1 aromatic carbocycles. The van der Waals surface area contributed by atoms with Crippen LogP contribution in [0.3, 0.4) is 0 Å². The maximum absolute atomic E-state index is 12.3. The summed E-state index contributed by atoms with van der Waals surface area (Å²) in [6.07, 6.45) is 0.241. The van der Waals surface area contributed by atoms with E-state index in [-0.39, 0.29) is 17.9 Å². The monoisotopic (exact) mass is 327 g/mol. The van der Waals surface area contributed by atoms with E-state index in [1.807, 2.05) is 14.1 Å². The Labute approximate surface area is 137 Å². The molecule has 0 aliphatic carbocycles. The van der Waals surface area contributed by atoms with Crippen molar-refractivity contribution in [2.75, 3.05) is 31.8 Å². The lowest BCUT2D eigenvalue weighted by Gasteiger charge is -2.11. The molecule has 9 heteroatoms. The molecule has 0 aliphatic rings. The fraction of sp³-hybridized carbons (Fsp3) is 0.267. The average molecular weight is 327 g/mol. The van der Waals surface area contributed by atoms with E-state index >= 15 is 0 Å². The third-order valence-electron chi connectivity index (χ3n) is 3.37. The molecule has 0 fully saturated rings. The summed E-state index contributed by atoms with van der Waals surface area (Å²) in [6.45, 7) is 0. The van der Waals surface area contributed by atoms with Gasteiger partial charge in [-0.1, -0.05) is 0 Å². The molecule has 3 aromatic rings. The van der Waals surface area contributed by atoms with Crippen LogP contribution in [0.1, 0.15) is 11.6 Å². The maximum Gasteiger partial charge on any atom is 0.258 e. The number of nitrogens with zero attached hydrogens (tertiary/aromatic N) is 5. The van der Waals surface area contributed by atoms with Gasteiger partial charge in [0.1, 0.15) is 17.4 Å². The molecule has 0 spiro atoms. The number of H-pyrrole nitrogens is 1. The summed E-state index contributed by atoms with van der Waals surface area (Å²) in [5.74, 6) is 2.06. The van der Waals surface area contributed by atoms with Gasteiger partial charge < -0.3 is 20.4 Å². The number of aromatic nitrogens is 5. The Morgan fingerprint density at radius 3 is 2.71 bits per heavy atom. The Morgan fingerprint density at radius 2 is 2.00 bits per heavy atom. The molecule has 24 heavy (non-hydrogen) atoms. The van der Waals surface area contributed by atoms with Gasteiger partial charge in [0.15, 0.2) is 0 Å². The first-order chi connectivity index (χ1) is 11.5. The van der Waals surface area contributed by atoms with Crippen molar-refractivity contribution in [1.29, 1.82) is 0 Å². The number of nitrogens with one attached hydrogen (secondary N) is 1. The first kappa shape index (κ1) is 15.7. The quantitative estimate of drug-likeness (QED) is 0.704. The van der Waals surface area contributed by atoms with Crippen LogP contribution in [-0.2, 0) is 6.42 Å². The second-order valence-corrected chi connectivity index (χ2v) is 5.38. The second kappa shape index (κ2) is 6.11. The van der Waals surface area contributed by atoms with Crippen molar-refractivity contribution in [3.05, 3.63) is 40.2 Å². The van der Waals surface area contributed by atoms with E-state index in [9.17, 15) is 4.79 Å². The molecule has 0 saturated carbocycles. The van der Waals surface area contributed by atoms with Crippen molar-refractivity contribution < 1.29 is 4.74 Å². The van der Waals surface area contributed by atoms with Crippen LogP contribution in [0.4, 0.5) is 11.9 Å². The summed E-state index contributed by atoms with van der Waals surface area (Å²) in [4.78, 5) is 33.6. The molecular weight excluding hydrogens is 310 g/mol. The molecule has 0 amide bonds. The minimum atomic E-state index is -0.247. The first-order valence-corrected chi connectivity index (χ1v) is 7.21. The molecule has 9 nitrogen and oxygen atoms in total. The third kappa shape index (κ3) is 3.09. The lowest BCUT2D eigenvalue weighted by molar-refractivity contribution is 0.415. The van der Waals surface area contributed by atoms with Crippen molar-refractivity contribution >= 4 is 22.8 Å². The highest BCUT2D eigenvalue weighted by Gasteiger charge is 2.10. The van der Waals surface area contributed by atoms with E-state index in [2.05, 4.69) is 24.9 Å². The van der Waals surface area contributed by atoms with Gasteiger partial charge in [-0.05, 0) is 18.2 Å². The summed E-state index contributed by atoms with van der Waals surface area (Å²) in [5.41, 5.74) is 6.04. The van der Waals surface area contributed by atoms with Crippen LogP contribution >= 0.6 is 0 Å². The number of fused-ring (bicyclic) bond motifs is 1. The number of hydrogen-bond acceptors (Lipinski definition) is 8. The van der Waals surface area contributed by atoms with E-state index in [0.29, 0.717) is 34.2 Å². The summed E-state index contributed by atoms with van der Waals surface area (Å²) in [6, 6.07) is 5.14.